The predicted molar refractivity (Wildman–Crippen MR) is 145 cm³/mol. The van der Waals surface area contributed by atoms with E-state index in [1.807, 2.05) is 0 Å². The van der Waals surface area contributed by atoms with Crippen molar-refractivity contribution in [2.75, 3.05) is 18.0 Å². The van der Waals surface area contributed by atoms with Gasteiger partial charge in [0.15, 0.2) is 0 Å². The summed E-state index contributed by atoms with van der Waals surface area (Å²) >= 11 is 0. The number of amides is 1. The highest BCUT2D eigenvalue weighted by atomic mass is 16.2. The number of benzene rings is 2. The van der Waals surface area contributed by atoms with Gasteiger partial charge in [-0.25, -0.2) is 14.6 Å². The monoisotopic (exact) mass is 497 g/mol. The van der Waals surface area contributed by atoms with Crippen LogP contribution >= 0.6 is 0 Å². The molecule has 1 saturated heterocycles. The smallest absolute Gasteiger partial charge is 0.223 e. The summed E-state index contributed by atoms with van der Waals surface area (Å²) in [6.07, 6.45) is 9.73. The van der Waals surface area contributed by atoms with Gasteiger partial charge in [-0.15, -0.1) is 0 Å². The fourth-order valence-corrected chi connectivity index (χ4v) is 5.77. The first-order chi connectivity index (χ1) is 18.0. The molecule has 0 spiro atoms. The van der Waals surface area contributed by atoms with Gasteiger partial charge >= 0.3 is 0 Å². The highest BCUT2D eigenvalue weighted by Gasteiger charge is 2.29. The Labute approximate surface area is 217 Å². The lowest BCUT2D eigenvalue weighted by molar-refractivity contribution is -0.126. The molecule has 0 atom stereocenters. The van der Waals surface area contributed by atoms with Crippen LogP contribution in [0.3, 0.4) is 0 Å². The number of carbonyl (C=O) groups excluding carboxylic acids is 1. The molecule has 0 unspecified atom stereocenters. The summed E-state index contributed by atoms with van der Waals surface area (Å²) in [5, 5.41) is 7.54. The van der Waals surface area contributed by atoms with E-state index in [0.717, 1.165) is 68.0 Å². The maximum absolute atomic E-state index is 12.9. The number of nitrogens with zero attached hydrogens (tertiary/aromatic N) is 6. The van der Waals surface area contributed by atoms with Crippen molar-refractivity contribution >= 4 is 22.9 Å². The number of hydrogen-bond acceptors (Lipinski definition) is 5. The van der Waals surface area contributed by atoms with Gasteiger partial charge in [-0.2, -0.15) is 5.10 Å². The summed E-state index contributed by atoms with van der Waals surface area (Å²) in [6, 6.07) is 13.3. The van der Waals surface area contributed by atoms with Crippen molar-refractivity contribution in [3.63, 3.8) is 0 Å². The molecule has 0 bridgehead atoms. The molecule has 2 aliphatic rings. The topological polar surface area (TPSA) is 80.9 Å². The van der Waals surface area contributed by atoms with E-state index in [0.29, 0.717) is 6.04 Å². The maximum atomic E-state index is 12.9. The number of rotatable bonds is 6. The first-order valence-electron chi connectivity index (χ1n) is 13.5. The maximum Gasteiger partial charge on any atom is 0.223 e. The Hall–Kier alpha value is -3.68. The Bertz CT molecular complexity index is 1380. The molecule has 192 valence electrons. The Morgan fingerprint density at radius 2 is 1.73 bits per heavy atom. The number of imidazole rings is 1. The second kappa shape index (κ2) is 10.00. The largest absolute Gasteiger partial charge is 0.353 e. The lowest BCUT2D eigenvalue weighted by Crippen LogP contribution is -2.43. The molecular weight excluding hydrogens is 462 g/mol. The van der Waals surface area contributed by atoms with E-state index < -0.39 is 0 Å². The molecule has 1 aliphatic carbocycles. The van der Waals surface area contributed by atoms with Crippen LogP contribution in [-0.2, 0) is 11.3 Å². The summed E-state index contributed by atoms with van der Waals surface area (Å²) in [6.45, 7) is 6.72. The highest BCUT2D eigenvalue weighted by Crippen LogP contribution is 2.30. The molecule has 2 aromatic carbocycles. The zero-order valence-corrected chi connectivity index (χ0v) is 21.7. The van der Waals surface area contributed by atoms with E-state index in [4.69, 9.17) is 4.98 Å². The summed E-state index contributed by atoms with van der Waals surface area (Å²) in [5.74, 6) is 1.34. The number of piperidine rings is 1. The van der Waals surface area contributed by atoms with Crippen LogP contribution in [0.15, 0.2) is 49.1 Å². The van der Waals surface area contributed by atoms with Crippen LogP contribution in [0, 0.1) is 19.8 Å². The van der Waals surface area contributed by atoms with Crippen LogP contribution in [0.2, 0.25) is 0 Å². The van der Waals surface area contributed by atoms with Crippen LogP contribution in [0.5, 0.6) is 0 Å². The standard InChI is InChI=1S/C29H35N7O/c1-20-15-26-27(16-21(20)2)35(17-22-7-9-25(10-8-22)36-19-30-18-31-36)29(33-26)34-13-11-23(12-14-34)28(37)32-24-5-3-4-6-24/h7-10,15-16,18-19,23-24H,3-6,11-14,17H2,1-2H3,(H,32,37). The van der Waals surface area contributed by atoms with Crippen molar-refractivity contribution in [2.45, 2.75) is 65.0 Å². The number of fused-ring (bicyclic) bond motifs is 1. The molecular formula is C29H35N7O. The molecule has 2 aromatic heterocycles. The van der Waals surface area contributed by atoms with Gasteiger partial charge < -0.3 is 14.8 Å². The summed E-state index contributed by atoms with van der Waals surface area (Å²) in [4.78, 5) is 24.4. The van der Waals surface area contributed by atoms with Crippen molar-refractivity contribution in [3.05, 3.63) is 65.7 Å². The van der Waals surface area contributed by atoms with Gasteiger partial charge in [0.25, 0.3) is 0 Å². The fourth-order valence-electron chi connectivity index (χ4n) is 5.77. The molecule has 1 saturated carbocycles. The number of carbonyl (C=O) groups is 1. The Morgan fingerprint density at radius 1 is 1.00 bits per heavy atom. The molecule has 1 aliphatic heterocycles. The van der Waals surface area contributed by atoms with Crippen molar-refractivity contribution < 1.29 is 4.79 Å². The molecule has 1 amide bonds. The van der Waals surface area contributed by atoms with E-state index in [2.05, 4.69) is 75.1 Å². The number of aromatic nitrogens is 5. The first kappa shape index (κ1) is 23.7. The third kappa shape index (κ3) is 4.84. The zero-order valence-electron chi connectivity index (χ0n) is 21.7. The van der Waals surface area contributed by atoms with Gasteiger partial charge in [0.2, 0.25) is 11.9 Å². The molecule has 8 heteroatoms. The van der Waals surface area contributed by atoms with E-state index in [1.165, 1.54) is 29.5 Å². The van der Waals surface area contributed by atoms with E-state index in [-0.39, 0.29) is 11.8 Å². The summed E-state index contributed by atoms with van der Waals surface area (Å²) in [7, 11) is 0. The average Bonchev–Trinajstić information content (AvgIpc) is 3.68. The quantitative estimate of drug-likeness (QED) is 0.423. The summed E-state index contributed by atoms with van der Waals surface area (Å²) in [5.41, 5.74) is 6.89. The molecule has 37 heavy (non-hydrogen) atoms. The second-order valence-electron chi connectivity index (χ2n) is 10.7. The summed E-state index contributed by atoms with van der Waals surface area (Å²) < 4.78 is 4.10. The van der Waals surface area contributed by atoms with Crippen LogP contribution < -0.4 is 10.2 Å². The molecule has 8 nitrogen and oxygen atoms in total. The Morgan fingerprint density at radius 3 is 2.43 bits per heavy atom. The lowest BCUT2D eigenvalue weighted by atomic mass is 9.95. The van der Waals surface area contributed by atoms with Crippen LogP contribution in [0.4, 0.5) is 5.95 Å². The molecule has 1 N–H and O–H groups in total. The SMILES string of the molecule is Cc1cc2nc(N3CCC(C(=O)NC4CCCC4)CC3)n(Cc3ccc(-n4cncn4)cc3)c2cc1C. The molecule has 3 heterocycles. The van der Waals surface area contributed by atoms with Crippen LogP contribution in [0.25, 0.3) is 16.7 Å². The fraction of sp³-hybridized carbons (Fsp3) is 0.448. The molecule has 6 rings (SSSR count). The number of hydrogen-bond donors (Lipinski definition) is 1. The minimum atomic E-state index is 0.100. The van der Waals surface area contributed by atoms with Gasteiger partial charge in [-0.05, 0) is 80.5 Å². The van der Waals surface area contributed by atoms with Gasteiger partial charge in [-0.1, -0.05) is 25.0 Å². The van der Waals surface area contributed by atoms with Crippen LogP contribution in [-0.4, -0.2) is 49.4 Å². The molecule has 2 fully saturated rings. The van der Waals surface area contributed by atoms with Crippen molar-refractivity contribution in [1.29, 1.82) is 0 Å². The van der Waals surface area contributed by atoms with Gasteiger partial charge in [0, 0.05) is 25.0 Å². The third-order valence-electron chi connectivity index (χ3n) is 8.15. The van der Waals surface area contributed by atoms with Crippen molar-refractivity contribution in [2.24, 2.45) is 5.92 Å². The van der Waals surface area contributed by atoms with Crippen molar-refractivity contribution in [3.8, 4) is 5.69 Å². The van der Waals surface area contributed by atoms with Crippen molar-refractivity contribution in [1.82, 2.24) is 29.6 Å². The van der Waals surface area contributed by atoms with Gasteiger partial charge in [0.1, 0.15) is 12.7 Å². The van der Waals surface area contributed by atoms with Crippen LogP contribution in [0.1, 0.15) is 55.2 Å². The average molecular weight is 498 g/mol. The van der Waals surface area contributed by atoms with Gasteiger partial charge in [-0.3, -0.25) is 4.79 Å². The minimum Gasteiger partial charge on any atom is -0.353 e. The van der Waals surface area contributed by atoms with E-state index in [1.54, 1.807) is 17.3 Å². The zero-order chi connectivity index (χ0) is 25.4. The Kier molecular flexibility index (Phi) is 6.40. The lowest BCUT2D eigenvalue weighted by Gasteiger charge is -2.33. The predicted octanol–water partition coefficient (Wildman–Crippen LogP) is 4.56. The van der Waals surface area contributed by atoms with Gasteiger partial charge in [0.05, 0.1) is 23.3 Å². The number of nitrogens with one attached hydrogen (secondary N) is 1. The normalized spacial score (nSPS) is 17.1. The van der Waals surface area contributed by atoms with E-state index in [9.17, 15) is 4.79 Å². The third-order valence-corrected chi connectivity index (χ3v) is 8.15. The minimum absolute atomic E-state index is 0.100. The van der Waals surface area contributed by atoms with E-state index >= 15 is 0 Å². The Balaban J connectivity index is 1.24. The molecule has 0 radical (unpaired) electrons. The second-order valence-corrected chi connectivity index (χ2v) is 10.7. The number of anilines is 1. The number of aryl methyl sites for hydroxylation is 2. The molecule has 4 aromatic rings. The first-order valence-corrected chi connectivity index (χ1v) is 13.5. The highest BCUT2D eigenvalue weighted by molar-refractivity contribution is 5.81.